The van der Waals surface area contributed by atoms with Gasteiger partial charge in [0.15, 0.2) is 0 Å². The van der Waals surface area contributed by atoms with Crippen molar-refractivity contribution in [2.75, 3.05) is 20.2 Å². The summed E-state index contributed by atoms with van der Waals surface area (Å²) >= 11 is 0. The van der Waals surface area contributed by atoms with Gasteiger partial charge in [-0.05, 0) is 19.3 Å². The van der Waals surface area contributed by atoms with Crippen LogP contribution < -0.4 is 0 Å². The molecule has 0 spiro atoms. The van der Waals surface area contributed by atoms with E-state index < -0.39 is 23.8 Å². The zero-order chi connectivity index (χ0) is 12.8. The van der Waals surface area contributed by atoms with E-state index in [1.165, 1.54) is 6.20 Å². The van der Waals surface area contributed by atoms with Crippen molar-refractivity contribution in [1.29, 1.82) is 0 Å². The minimum Gasteiger partial charge on any atom is -0.465 e. The van der Waals surface area contributed by atoms with Gasteiger partial charge in [0.2, 0.25) is 5.78 Å². The van der Waals surface area contributed by atoms with Crippen LogP contribution in [0.25, 0.3) is 0 Å². The van der Waals surface area contributed by atoms with Crippen molar-refractivity contribution in [2.24, 2.45) is 0 Å². The first kappa shape index (κ1) is 13.6. The van der Waals surface area contributed by atoms with E-state index in [1.807, 2.05) is 0 Å². The molecule has 0 aromatic rings. The molecule has 0 aromatic heterocycles. The van der Waals surface area contributed by atoms with Crippen molar-refractivity contribution < 1.29 is 23.1 Å². The molecule has 1 rings (SSSR count). The Kier molecular flexibility index (Phi) is 5.06. The summed E-state index contributed by atoms with van der Waals surface area (Å²) in [6.07, 6.45) is 0.923. The largest absolute Gasteiger partial charge is 0.465 e. The van der Waals surface area contributed by atoms with Gasteiger partial charge in [0.1, 0.15) is 5.57 Å². The number of hydrogen-bond donors (Lipinski definition) is 0. The van der Waals surface area contributed by atoms with Gasteiger partial charge in [-0.1, -0.05) is 0 Å². The SMILES string of the molecule is COC(=O)/C(=C\N1CCCCC1)C(=O)C(F)F. The number of likely N-dealkylation sites (tertiary alicyclic amines) is 1. The fourth-order valence-corrected chi connectivity index (χ4v) is 1.67. The van der Waals surface area contributed by atoms with Gasteiger partial charge >= 0.3 is 12.4 Å². The molecule has 0 N–H and O–H groups in total. The molecule has 1 aliphatic heterocycles. The molecule has 0 atom stereocenters. The molecular formula is C11H15F2NO3. The van der Waals surface area contributed by atoms with Gasteiger partial charge in [-0.3, -0.25) is 4.79 Å². The number of nitrogens with zero attached hydrogens (tertiary/aromatic N) is 1. The number of carbonyl (C=O) groups is 2. The van der Waals surface area contributed by atoms with Crippen LogP contribution in [0.5, 0.6) is 0 Å². The van der Waals surface area contributed by atoms with E-state index in [2.05, 4.69) is 4.74 Å². The molecule has 0 amide bonds. The Bertz CT molecular complexity index is 323. The molecule has 1 heterocycles. The number of rotatable bonds is 4. The van der Waals surface area contributed by atoms with Crippen LogP contribution in [-0.2, 0) is 14.3 Å². The third-order valence-electron chi connectivity index (χ3n) is 2.57. The Hall–Kier alpha value is -1.46. The predicted molar refractivity (Wildman–Crippen MR) is 56.5 cm³/mol. The number of carbonyl (C=O) groups excluding carboxylic acids is 2. The Balaban J connectivity index is 2.84. The highest BCUT2D eigenvalue weighted by Gasteiger charge is 2.27. The van der Waals surface area contributed by atoms with Crippen molar-refractivity contribution >= 4 is 11.8 Å². The number of alkyl halides is 2. The fourth-order valence-electron chi connectivity index (χ4n) is 1.67. The molecule has 1 saturated heterocycles. The van der Waals surface area contributed by atoms with Crippen molar-refractivity contribution in [3.05, 3.63) is 11.8 Å². The van der Waals surface area contributed by atoms with Crippen molar-refractivity contribution in [1.82, 2.24) is 4.90 Å². The van der Waals surface area contributed by atoms with Crippen LogP contribution in [0.15, 0.2) is 11.8 Å². The predicted octanol–water partition coefficient (Wildman–Crippen LogP) is 1.36. The molecule has 0 radical (unpaired) electrons. The number of esters is 1. The number of ether oxygens (including phenoxy) is 1. The number of hydrogen-bond acceptors (Lipinski definition) is 4. The zero-order valence-electron chi connectivity index (χ0n) is 9.62. The van der Waals surface area contributed by atoms with Crippen LogP contribution in [0.2, 0.25) is 0 Å². The minimum absolute atomic E-state index is 0.579. The maximum Gasteiger partial charge on any atom is 0.343 e. The lowest BCUT2D eigenvalue weighted by Crippen LogP contribution is -2.29. The Morgan fingerprint density at radius 2 is 1.82 bits per heavy atom. The van der Waals surface area contributed by atoms with Gasteiger partial charge in [0.05, 0.1) is 7.11 Å². The summed E-state index contributed by atoms with van der Waals surface area (Å²) in [5.74, 6) is -2.50. The van der Waals surface area contributed by atoms with Gasteiger partial charge in [-0.2, -0.15) is 0 Å². The monoisotopic (exact) mass is 247 g/mol. The summed E-state index contributed by atoms with van der Waals surface area (Å²) in [6.45, 7) is 1.33. The standard InChI is InChI=1S/C11H15F2NO3/c1-17-11(16)8(9(15)10(12)13)7-14-5-3-2-4-6-14/h7,10H,2-6H2,1H3/b8-7-. The first-order valence-corrected chi connectivity index (χ1v) is 5.43. The number of methoxy groups -OCH3 is 1. The number of ketones is 1. The molecule has 0 unspecified atom stereocenters. The van der Waals surface area contributed by atoms with E-state index in [4.69, 9.17) is 0 Å². The van der Waals surface area contributed by atoms with Crippen LogP contribution in [0.3, 0.4) is 0 Å². The molecule has 17 heavy (non-hydrogen) atoms. The first-order chi connectivity index (χ1) is 8.06. The second-order valence-electron chi connectivity index (χ2n) is 3.80. The molecule has 96 valence electrons. The van der Waals surface area contributed by atoms with Crippen LogP contribution in [-0.4, -0.2) is 43.3 Å². The Labute approximate surface area is 98.2 Å². The topological polar surface area (TPSA) is 46.6 Å². The second-order valence-corrected chi connectivity index (χ2v) is 3.80. The average molecular weight is 247 g/mol. The van der Waals surface area contributed by atoms with Crippen molar-refractivity contribution in [3.8, 4) is 0 Å². The minimum atomic E-state index is -3.19. The van der Waals surface area contributed by atoms with Gasteiger partial charge in [0.25, 0.3) is 0 Å². The summed E-state index contributed by atoms with van der Waals surface area (Å²) in [4.78, 5) is 24.1. The molecule has 0 bridgehead atoms. The van der Waals surface area contributed by atoms with E-state index in [1.54, 1.807) is 4.90 Å². The third kappa shape index (κ3) is 3.80. The molecule has 0 aliphatic carbocycles. The van der Waals surface area contributed by atoms with Gasteiger partial charge in [-0.15, -0.1) is 0 Å². The molecule has 1 fully saturated rings. The van der Waals surface area contributed by atoms with Gasteiger partial charge in [0, 0.05) is 19.3 Å². The van der Waals surface area contributed by atoms with E-state index in [-0.39, 0.29) is 0 Å². The molecule has 0 saturated carbocycles. The Morgan fingerprint density at radius 3 is 2.29 bits per heavy atom. The average Bonchev–Trinajstić information content (AvgIpc) is 2.35. The summed E-state index contributed by atoms with van der Waals surface area (Å²) in [5.41, 5.74) is -0.579. The maximum atomic E-state index is 12.3. The highest BCUT2D eigenvalue weighted by Crippen LogP contribution is 2.13. The number of Topliss-reactive ketones (excluding diaryl/α,β-unsaturated/α-hetero) is 1. The lowest BCUT2D eigenvalue weighted by Gasteiger charge is -2.25. The van der Waals surface area contributed by atoms with Gasteiger partial charge < -0.3 is 9.64 Å². The quantitative estimate of drug-likeness (QED) is 0.326. The highest BCUT2D eigenvalue weighted by molar-refractivity contribution is 6.18. The van der Waals surface area contributed by atoms with Crippen LogP contribution in [0.1, 0.15) is 19.3 Å². The molecule has 0 aromatic carbocycles. The van der Waals surface area contributed by atoms with Crippen molar-refractivity contribution in [3.63, 3.8) is 0 Å². The van der Waals surface area contributed by atoms with Crippen LogP contribution >= 0.6 is 0 Å². The molecular weight excluding hydrogens is 232 g/mol. The number of halogens is 2. The van der Waals surface area contributed by atoms with E-state index in [9.17, 15) is 18.4 Å². The maximum absolute atomic E-state index is 12.3. The fraction of sp³-hybridized carbons (Fsp3) is 0.636. The van der Waals surface area contributed by atoms with E-state index in [0.717, 1.165) is 26.4 Å². The van der Waals surface area contributed by atoms with E-state index in [0.29, 0.717) is 13.1 Å². The summed E-state index contributed by atoms with van der Waals surface area (Å²) in [5, 5.41) is 0. The lowest BCUT2D eigenvalue weighted by atomic mass is 10.1. The smallest absolute Gasteiger partial charge is 0.343 e. The molecule has 6 heteroatoms. The van der Waals surface area contributed by atoms with Gasteiger partial charge in [-0.25, -0.2) is 13.6 Å². The van der Waals surface area contributed by atoms with E-state index >= 15 is 0 Å². The summed E-state index contributed by atoms with van der Waals surface area (Å²) < 4.78 is 29.0. The highest BCUT2D eigenvalue weighted by atomic mass is 19.3. The lowest BCUT2D eigenvalue weighted by molar-refractivity contribution is -0.140. The normalized spacial score (nSPS) is 17.2. The molecule has 1 aliphatic rings. The van der Waals surface area contributed by atoms with Crippen LogP contribution in [0, 0.1) is 0 Å². The van der Waals surface area contributed by atoms with Crippen molar-refractivity contribution in [2.45, 2.75) is 25.7 Å². The zero-order valence-corrected chi connectivity index (χ0v) is 9.62. The second kappa shape index (κ2) is 6.32. The summed E-state index contributed by atoms with van der Waals surface area (Å²) in [7, 11) is 1.06. The third-order valence-corrected chi connectivity index (χ3v) is 2.57. The molecule has 4 nitrogen and oxygen atoms in total. The Morgan fingerprint density at radius 1 is 1.24 bits per heavy atom. The van der Waals surface area contributed by atoms with Crippen LogP contribution in [0.4, 0.5) is 8.78 Å². The summed E-state index contributed by atoms with van der Waals surface area (Å²) in [6, 6.07) is 0. The first-order valence-electron chi connectivity index (χ1n) is 5.43. The number of piperidine rings is 1.